The molecule has 2 rings (SSSR count). The van der Waals surface area contributed by atoms with Crippen LogP contribution in [0.25, 0.3) is 5.69 Å². The topological polar surface area (TPSA) is 50.8 Å². The number of hydrogen-bond acceptors (Lipinski definition) is 3. The van der Waals surface area contributed by atoms with Crippen LogP contribution in [0.4, 0.5) is 0 Å². The number of halogens is 1. The van der Waals surface area contributed by atoms with E-state index in [-0.39, 0.29) is 5.41 Å². The predicted molar refractivity (Wildman–Crippen MR) is 78.5 cm³/mol. The van der Waals surface area contributed by atoms with Crippen molar-refractivity contribution >= 4 is 11.6 Å². The van der Waals surface area contributed by atoms with E-state index in [0.29, 0.717) is 27.8 Å². The molecule has 0 fully saturated rings. The van der Waals surface area contributed by atoms with Crippen molar-refractivity contribution in [1.82, 2.24) is 9.78 Å². The number of ether oxygens (including phenoxy) is 1. The molecule has 0 N–H and O–H groups in total. The Labute approximate surface area is 123 Å². The van der Waals surface area contributed by atoms with Gasteiger partial charge in [0.1, 0.15) is 23.1 Å². The highest BCUT2D eigenvalue weighted by atomic mass is 35.5. The molecule has 0 saturated carbocycles. The molecule has 0 unspecified atom stereocenters. The zero-order valence-corrected chi connectivity index (χ0v) is 12.7. The van der Waals surface area contributed by atoms with Gasteiger partial charge < -0.3 is 4.74 Å². The van der Waals surface area contributed by atoms with E-state index >= 15 is 0 Å². The zero-order valence-electron chi connectivity index (χ0n) is 11.9. The van der Waals surface area contributed by atoms with E-state index in [0.717, 1.165) is 0 Å². The van der Waals surface area contributed by atoms with Crippen molar-refractivity contribution in [3.8, 4) is 17.5 Å². The summed E-state index contributed by atoms with van der Waals surface area (Å²) in [5.74, 6) is 0.654. The summed E-state index contributed by atoms with van der Waals surface area (Å²) in [6, 6.07) is 9.57. The van der Waals surface area contributed by atoms with Crippen LogP contribution in [-0.2, 0) is 5.41 Å². The molecule has 0 bridgehead atoms. The first kappa shape index (κ1) is 14.4. The summed E-state index contributed by atoms with van der Waals surface area (Å²) in [6.45, 7) is 6.00. The maximum absolute atomic E-state index is 9.33. The van der Waals surface area contributed by atoms with Crippen molar-refractivity contribution in [2.45, 2.75) is 26.2 Å². The first-order chi connectivity index (χ1) is 9.40. The highest BCUT2D eigenvalue weighted by Crippen LogP contribution is 2.33. The fourth-order valence-corrected chi connectivity index (χ4v) is 2.25. The monoisotopic (exact) mass is 289 g/mol. The Morgan fingerprint density at radius 3 is 2.45 bits per heavy atom. The summed E-state index contributed by atoms with van der Waals surface area (Å²) < 4.78 is 6.88. The largest absolute Gasteiger partial charge is 0.494 e. The number of hydrogen-bond donors (Lipinski definition) is 0. The maximum atomic E-state index is 9.33. The van der Waals surface area contributed by atoms with Crippen molar-refractivity contribution in [3.63, 3.8) is 0 Å². The summed E-state index contributed by atoms with van der Waals surface area (Å²) in [4.78, 5) is 0. The minimum absolute atomic E-state index is 0.262. The van der Waals surface area contributed by atoms with E-state index in [9.17, 15) is 5.26 Å². The molecular formula is C15H16ClN3O. The fourth-order valence-electron chi connectivity index (χ4n) is 1.99. The molecular weight excluding hydrogens is 274 g/mol. The van der Waals surface area contributed by atoms with E-state index < -0.39 is 0 Å². The molecule has 0 aliphatic rings. The second kappa shape index (κ2) is 5.18. The summed E-state index contributed by atoms with van der Waals surface area (Å²) in [7, 11) is 1.59. The Hall–Kier alpha value is -1.99. The van der Waals surface area contributed by atoms with Gasteiger partial charge in [-0.2, -0.15) is 10.4 Å². The Morgan fingerprint density at radius 2 is 1.95 bits per heavy atom. The van der Waals surface area contributed by atoms with Gasteiger partial charge >= 0.3 is 0 Å². The molecule has 0 atom stereocenters. The summed E-state index contributed by atoms with van der Waals surface area (Å²) in [6.07, 6.45) is 0. The second-order valence-corrected chi connectivity index (χ2v) is 5.82. The van der Waals surface area contributed by atoms with Crippen LogP contribution in [0.5, 0.6) is 5.75 Å². The number of nitrogens with zero attached hydrogens (tertiary/aromatic N) is 3. The van der Waals surface area contributed by atoms with Crippen molar-refractivity contribution in [2.24, 2.45) is 0 Å². The number of nitriles is 1. The third kappa shape index (κ3) is 2.37. The fraction of sp³-hybridized carbons (Fsp3) is 0.333. The molecule has 2 aromatic rings. The van der Waals surface area contributed by atoms with Gasteiger partial charge in [0.25, 0.3) is 0 Å². The number of para-hydroxylation sites is 2. The van der Waals surface area contributed by atoms with E-state index in [4.69, 9.17) is 16.3 Å². The number of benzene rings is 1. The Balaban J connectivity index is 2.71. The molecule has 0 aliphatic heterocycles. The van der Waals surface area contributed by atoms with Crippen molar-refractivity contribution in [3.05, 3.63) is 40.7 Å². The lowest BCUT2D eigenvalue weighted by atomic mass is 9.90. The van der Waals surface area contributed by atoms with Gasteiger partial charge in [0.2, 0.25) is 0 Å². The molecule has 104 valence electrons. The van der Waals surface area contributed by atoms with E-state index in [1.54, 1.807) is 11.8 Å². The standard InChI is InChI=1S/C15H16ClN3O/c1-15(2,3)13-10(9-17)14(16)19(18-13)11-7-5-6-8-12(11)20-4/h5-8H,1-4H3. The molecule has 0 saturated heterocycles. The van der Waals surface area contributed by atoms with E-state index in [2.05, 4.69) is 11.2 Å². The average molecular weight is 290 g/mol. The quantitative estimate of drug-likeness (QED) is 0.847. The molecule has 1 heterocycles. The van der Waals surface area contributed by atoms with Crippen LogP contribution >= 0.6 is 11.6 Å². The summed E-state index contributed by atoms with van der Waals surface area (Å²) in [5.41, 5.74) is 1.54. The van der Waals surface area contributed by atoms with E-state index in [1.807, 2.05) is 45.0 Å². The van der Waals surface area contributed by atoms with Crippen LogP contribution in [-0.4, -0.2) is 16.9 Å². The minimum Gasteiger partial charge on any atom is -0.494 e. The van der Waals surface area contributed by atoms with Crippen LogP contribution in [0.3, 0.4) is 0 Å². The molecule has 0 aliphatic carbocycles. The highest BCUT2D eigenvalue weighted by molar-refractivity contribution is 6.31. The molecule has 1 aromatic heterocycles. The van der Waals surface area contributed by atoms with E-state index in [1.165, 1.54) is 0 Å². The Bertz CT molecular complexity index is 677. The highest BCUT2D eigenvalue weighted by Gasteiger charge is 2.27. The Morgan fingerprint density at radius 1 is 1.30 bits per heavy atom. The third-order valence-corrected chi connectivity index (χ3v) is 3.31. The SMILES string of the molecule is COc1ccccc1-n1nc(C(C)(C)C)c(C#N)c1Cl. The lowest BCUT2D eigenvalue weighted by Gasteiger charge is -2.15. The first-order valence-corrected chi connectivity index (χ1v) is 6.60. The van der Waals surface area contributed by atoms with Crippen molar-refractivity contribution < 1.29 is 4.74 Å². The van der Waals surface area contributed by atoms with Gasteiger partial charge in [0, 0.05) is 5.41 Å². The van der Waals surface area contributed by atoms with Crippen molar-refractivity contribution in [1.29, 1.82) is 5.26 Å². The molecule has 5 heteroatoms. The second-order valence-electron chi connectivity index (χ2n) is 5.46. The van der Waals surface area contributed by atoms with Crippen LogP contribution in [0, 0.1) is 11.3 Å². The lowest BCUT2D eigenvalue weighted by molar-refractivity contribution is 0.411. The van der Waals surface area contributed by atoms with Crippen LogP contribution in [0.1, 0.15) is 32.0 Å². The smallest absolute Gasteiger partial charge is 0.151 e. The lowest BCUT2D eigenvalue weighted by Crippen LogP contribution is -2.14. The minimum atomic E-state index is -0.262. The predicted octanol–water partition coefficient (Wildman–Crippen LogP) is 3.70. The van der Waals surface area contributed by atoms with Crippen LogP contribution in [0.2, 0.25) is 5.15 Å². The van der Waals surface area contributed by atoms with Crippen LogP contribution < -0.4 is 4.74 Å². The molecule has 1 aromatic carbocycles. The van der Waals surface area contributed by atoms with Crippen molar-refractivity contribution in [2.75, 3.05) is 7.11 Å². The first-order valence-electron chi connectivity index (χ1n) is 6.22. The van der Waals surface area contributed by atoms with Gasteiger partial charge in [-0.1, -0.05) is 44.5 Å². The Kier molecular flexibility index (Phi) is 3.74. The maximum Gasteiger partial charge on any atom is 0.151 e. The normalized spacial score (nSPS) is 11.2. The van der Waals surface area contributed by atoms with Gasteiger partial charge in [-0.15, -0.1) is 0 Å². The number of aromatic nitrogens is 2. The average Bonchev–Trinajstić information content (AvgIpc) is 2.75. The molecule has 0 spiro atoms. The number of rotatable bonds is 2. The molecule has 4 nitrogen and oxygen atoms in total. The third-order valence-electron chi connectivity index (χ3n) is 2.96. The summed E-state index contributed by atoms with van der Waals surface area (Å²) >= 11 is 6.32. The van der Waals surface area contributed by atoms with Gasteiger partial charge in [-0.25, -0.2) is 4.68 Å². The van der Waals surface area contributed by atoms with Gasteiger partial charge in [-0.3, -0.25) is 0 Å². The van der Waals surface area contributed by atoms with Crippen LogP contribution in [0.15, 0.2) is 24.3 Å². The summed E-state index contributed by atoms with van der Waals surface area (Å²) in [5, 5.41) is 14.2. The van der Waals surface area contributed by atoms with Gasteiger partial charge in [0.05, 0.1) is 12.8 Å². The molecule has 0 radical (unpaired) electrons. The van der Waals surface area contributed by atoms with Gasteiger partial charge in [0.15, 0.2) is 5.15 Å². The molecule has 20 heavy (non-hydrogen) atoms. The zero-order chi connectivity index (χ0) is 14.9. The molecule has 0 amide bonds. The number of methoxy groups -OCH3 is 1. The van der Waals surface area contributed by atoms with Gasteiger partial charge in [-0.05, 0) is 12.1 Å².